The number of hydrogen-bond acceptors (Lipinski definition) is 3. The first kappa shape index (κ1) is 11.9. The first-order valence-corrected chi connectivity index (χ1v) is 4.21. The number of methoxy groups -OCH3 is 3. The summed E-state index contributed by atoms with van der Waals surface area (Å²) in [6.45, 7) is 4.79. The number of rotatable bonds is 6. The Hall–Kier alpha value is -0.120. The van der Waals surface area contributed by atoms with Crippen molar-refractivity contribution in [1.82, 2.24) is 0 Å². The van der Waals surface area contributed by atoms with Crippen LogP contribution in [-0.4, -0.2) is 40.1 Å². The molecule has 0 aliphatic carbocycles. The topological polar surface area (TPSA) is 27.7 Å². The van der Waals surface area contributed by atoms with E-state index in [2.05, 4.69) is 13.8 Å². The molecule has 0 heterocycles. The van der Waals surface area contributed by atoms with Crippen molar-refractivity contribution in [1.29, 1.82) is 0 Å². The molecule has 3 heteroatoms. The summed E-state index contributed by atoms with van der Waals surface area (Å²) in [5.74, 6) is 0.440. The van der Waals surface area contributed by atoms with E-state index in [-0.39, 0.29) is 12.2 Å². The molecule has 0 aromatic heterocycles. The molecule has 1 unspecified atom stereocenters. The highest BCUT2D eigenvalue weighted by atomic mass is 16.6. The average Bonchev–Trinajstić information content (AvgIpc) is 2.03. The van der Waals surface area contributed by atoms with E-state index in [0.717, 1.165) is 0 Å². The van der Waals surface area contributed by atoms with Crippen LogP contribution in [0.3, 0.4) is 0 Å². The molecule has 74 valence electrons. The maximum absolute atomic E-state index is 5.31. The molecule has 0 saturated carbocycles. The molecule has 0 fully saturated rings. The van der Waals surface area contributed by atoms with Crippen LogP contribution in [0.15, 0.2) is 0 Å². The van der Waals surface area contributed by atoms with Crippen molar-refractivity contribution in [3.8, 4) is 0 Å². The highest BCUT2D eigenvalue weighted by molar-refractivity contribution is 4.72. The van der Waals surface area contributed by atoms with Gasteiger partial charge in [-0.05, 0) is 5.92 Å². The Kier molecular flexibility index (Phi) is 6.34. The SMILES string of the molecule is COC[C@H](OC)C(OC)C(C)C. The molecule has 0 aliphatic rings. The van der Waals surface area contributed by atoms with Crippen LogP contribution < -0.4 is 0 Å². The minimum absolute atomic E-state index is 0.0278. The Balaban J connectivity index is 4.02. The predicted molar refractivity (Wildman–Crippen MR) is 48.3 cm³/mol. The van der Waals surface area contributed by atoms with Crippen molar-refractivity contribution in [2.75, 3.05) is 27.9 Å². The van der Waals surface area contributed by atoms with Gasteiger partial charge < -0.3 is 14.2 Å². The second-order valence-corrected chi connectivity index (χ2v) is 3.17. The van der Waals surface area contributed by atoms with Crippen molar-refractivity contribution >= 4 is 0 Å². The fourth-order valence-electron chi connectivity index (χ4n) is 1.31. The minimum Gasteiger partial charge on any atom is -0.382 e. The van der Waals surface area contributed by atoms with Crippen molar-refractivity contribution in [3.63, 3.8) is 0 Å². The molecular formula is C9H20O3. The van der Waals surface area contributed by atoms with Crippen LogP contribution in [0.2, 0.25) is 0 Å². The molecular weight excluding hydrogens is 156 g/mol. The van der Waals surface area contributed by atoms with Gasteiger partial charge in [-0.3, -0.25) is 0 Å². The van der Waals surface area contributed by atoms with E-state index in [1.165, 1.54) is 0 Å². The van der Waals surface area contributed by atoms with E-state index in [1.54, 1.807) is 21.3 Å². The Labute approximate surface area is 75.0 Å². The molecule has 0 aromatic carbocycles. The second kappa shape index (κ2) is 6.40. The van der Waals surface area contributed by atoms with Crippen LogP contribution in [0, 0.1) is 5.92 Å². The Morgan fingerprint density at radius 2 is 1.58 bits per heavy atom. The summed E-state index contributed by atoms with van der Waals surface area (Å²) in [6, 6.07) is 0. The summed E-state index contributed by atoms with van der Waals surface area (Å²) in [4.78, 5) is 0. The summed E-state index contributed by atoms with van der Waals surface area (Å²) in [7, 11) is 5.05. The third kappa shape index (κ3) is 3.52. The summed E-state index contributed by atoms with van der Waals surface area (Å²) < 4.78 is 15.6. The average molecular weight is 176 g/mol. The maximum atomic E-state index is 5.31. The zero-order chi connectivity index (χ0) is 9.56. The van der Waals surface area contributed by atoms with Crippen molar-refractivity contribution in [3.05, 3.63) is 0 Å². The van der Waals surface area contributed by atoms with Crippen LogP contribution in [0.25, 0.3) is 0 Å². The highest BCUT2D eigenvalue weighted by Crippen LogP contribution is 2.12. The molecule has 0 N–H and O–H groups in total. The van der Waals surface area contributed by atoms with Gasteiger partial charge in [0.1, 0.15) is 6.10 Å². The summed E-state index contributed by atoms with van der Waals surface area (Å²) in [6.07, 6.45) is 0.134. The van der Waals surface area contributed by atoms with Gasteiger partial charge in [0, 0.05) is 21.3 Å². The van der Waals surface area contributed by atoms with Gasteiger partial charge in [0.25, 0.3) is 0 Å². The molecule has 0 aliphatic heterocycles. The molecule has 0 spiro atoms. The summed E-state index contributed by atoms with van der Waals surface area (Å²) in [5, 5.41) is 0. The quantitative estimate of drug-likeness (QED) is 0.611. The first-order valence-electron chi connectivity index (χ1n) is 4.21. The largest absolute Gasteiger partial charge is 0.382 e. The van der Waals surface area contributed by atoms with Crippen molar-refractivity contribution < 1.29 is 14.2 Å². The molecule has 0 aromatic rings. The van der Waals surface area contributed by atoms with Gasteiger partial charge in [0.2, 0.25) is 0 Å². The lowest BCUT2D eigenvalue weighted by molar-refractivity contribution is -0.0851. The third-order valence-electron chi connectivity index (χ3n) is 1.93. The lowest BCUT2D eigenvalue weighted by Gasteiger charge is -2.27. The zero-order valence-electron chi connectivity index (χ0n) is 8.66. The molecule has 0 radical (unpaired) electrons. The summed E-state index contributed by atoms with van der Waals surface area (Å²) >= 11 is 0. The Morgan fingerprint density at radius 3 is 1.83 bits per heavy atom. The number of hydrogen-bond donors (Lipinski definition) is 0. The monoisotopic (exact) mass is 176 g/mol. The van der Waals surface area contributed by atoms with Gasteiger partial charge >= 0.3 is 0 Å². The highest BCUT2D eigenvalue weighted by Gasteiger charge is 2.23. The van der Waals surface area contributed by atoms with Gasteiger partial charge in [-0.25, -0.2) is 0 Å². The molecule has 2 atom stereocenters. The van der Waals surface area contributed by atoms with Crippen LogP contribution >= 0.6 is 0 Å². The van der Waals surface area contributed by atoms with Gasteiger partial charge in [-0.2, -0.15) is 0 Å². The molecule has 0 bridgehead atoms. The van der Waals surface area contributed by atoms with E-state index in [4.69, 9.17) is 14.2 Å². The fraction of sp³-hybridized carbons (Fsp3) is 1.00. The van der Waals surface area contributed by atoms with E-state index >= 15 is 0 Å². The van der Waals surface area contributed by atoms with E-state index in [0.29, 0.717) is 12.5 Å². The molecule has 0 amide bonds. The minimum atomic E-state index is 0.0278. The standard InChI is InChI=1S/C9H20O3/c1-7(2)9(12-5)8(11-4)6-10-3/h7-9H,6H2,1-5H3/t8-,9?/m0/s1. The van der Waals surface area contributed by atoms with E-state index in [9.17, 15) is 0 Å². The molecule has 0 rings (SSSR count). The van der Waals surface area contributed by atoms with Crippen molar-refractivity contribution in [2.24, 2.45) is 5.92 Å². The van der Waals surface area contributed by atoms with Crippen LogP contribution in [0.4, 0.5) is 0 Å². The van der Waals surface area contributed by atoms with Gasteiger partial charge in [-0.1, -0.05) is 13.8 Å². The molecule has 0 saturated heterocycles. The van der Waals surface area contributed by atoms with Crippen LogP contribution in [0.5, 0.6) is 0 Å². The fourth-order valence-corrected chi connectivity index (χ4v) is 1.31. The lowest BCUT2D eigenvalue weighted by atomic mass is 10.0. The number of ether oxygens (including phenoxy) is 3. The van der Waals surface area contributed by atoms with Gasteiger partial charge in [0.15, 0.2) is 0 Å². The molecule has 12 heavy (non-hydrogen) atoms. The zero-order valence-corrected chi connectivity index (χ0v) is 8.66. The van der Waals surface area contributed by atoms with Gasteiger partial charge in [0.05, 0.1) is 12.7 Å². The predicted octanol–water partition coefficient (Wildman–Crippen LogP) is 1.32. The van der Waals surface area contributed by atoms with Gasteiger partial charge in [-0.15, -0.1) is 0 Å². The normalized spacial score (nSPS) is 16.5. The van der Waals surface area contributed by atoms with Crippen molar-refractivity contribution in [2.45, 2.75) is 26.1 Å². The maximum Gasteiger partial charge on any atom is 0.107 e. The van der Waals surface area contributed by atoms with E-state index < -0.39 is 0 Å². The van der Waals surface area contributed by atoms with E-state index in [1.807, 2.05) is 0 Å². The third-order valence-corrected chi connectivity index (χ3v) is 1.93. The second-order valence-electron chi connectivity index (χ2n) is 3.17. The lowest BCUT2D eigenvalue weighted by Crippen LogP contribution is -2.37. The smallest absolute Gasteiger partial charge is 0.107 e. The van der Waals surface area contributed by atoms with Crippen LogP contribution in [0.1, 0.15) is 13.8 Å². The Morgan fingerprint density at radius 1 is 1.00 bits per heavy atom. The Bertz CT molecular complexity index is 104. The molecule has 3 nitrogen and oxygen atoms in total. The first-order chi connectivity index (χ1) is 5.67. The van der Waals surface area contributed by atoms with Crippen LogP contribution in [-0.2, 0) is 14.2 Å². The summed E-state index contributed by atoms with van der Waals surface area (Å²) in [5.41, 5.74) is 0.